The first kappa shape index (κ1) is 19.5. The highest BCUT2D eigenvalue weighted by Gasteiger charge is 2.28. The third-order valence-corrected chi connectivity index (χ3v) is 4.07. The van der Waals surface area contributed by atoms with E-state index in [2.05, 4.69) is 53.7 Å². The lowest BCUT2D eigenvalue weighted by molar-refractivity contribution is -0.137. The number of hydrogen-bond donors (Lipinski definition) is 1. The summed E-state index contributed by atoms with van der Waals surface area (Å²) in [6.45, 7) is 17.6. The molecule has 130 valence electrons. The number of hydrogen-bond acceptors (Lipinski definition) is 2. The molecule has 0 aliphatic rings. The first-order valence-corrected chi connectivity index (χ1v) is 8.41. The molecular formula is C20H32O3. The second-order valence-electron chi connectivity index (χ2n) is 8.38. The summed E-state index contributed by atoms with van der Waals surface area (Å²) in [7, 11) is 0. The number of rotatable bonds is 5. The molecule has 0 amide bonds. The van der Waals surface area contributed by atoms with E-state index in [1.165, 1.54) is 0 Å². The fourth-order valence-corrected chi connectivity index (χ4v) is 2.73. The zero-order valence-corrected chi connectivity index (χ0v) is 15.9. The smallest absolute Gasteiger partial charge is 0.303 e. The minimum Gasteiger partial charge on any atom is -0.493 e. The van der Waals surface area contributed by atoms with Crippen LogP contribution in [0, 0.1) is 0 Å². The Morgan fingerprint density at radius 3 is 1.83 bits per heavy atom. The normalized spacial score (nSPS) is 13.7. The van der Waals surface area contributed by atoms with Crippen LogP contribution in [-0.2, 0) is 15.6 Å². The molecule has 0 radical (unpaired) electrons. The number of carboxylic acids is 1. The standard InChI is InChI=1S/C20H32O3/c1-9-23-18-15(19(3,4)5)11-14(13(2)10-17(21)22)12-16(18)20(6,7)8/h11-13H,9-10H2,1-8H3,(H,21,22). The number of benzene rings is 1. The van der Waals surface area contributed by atoms with Gasteiger partial charge in [-0.2, -0.15) is 0 Å². The van der Waals surface area contributed by atoms with Crippen LogP contribution >= 0.6 is 0 Å². The predicted molar refractivity (Wildman–Crippen MR) is 95.7 cm³/mol. The Bertz CT molecular complexity index is 524. The topological polar surface area (TPSA) is 46.5 Å². The molecule has 0 heterocycles. The average molecular weight is 320 g/mol. The molecule has 1 atom stereocenters. The van der Waals surface area contributed by atoms with Crippen LogP contribution in [0.3, 0.4) is 0 Å². The van der Waals surface area contributed by atoms with Crippen LogP contribution < -0.4 is 4.74 Å². The fourth-order valence-electron chi connectivity index (χ4n) is 2.73. The third-order valence-electron chi connectivity index (χ3n) is 4.07. The summed E-state index contributed by atoms with van der Waals surface area (Å²) >= 11 is 0. The molecule has 1 rings (SSSR count). The van der Waals surface area contributed by atoms with Crippen molar-refractivity contribution in [2.75, 3.05) is 6.61 Å². The summed E-state index contributed by atoms with van der Waals surface area (Å²) in [6, 6.07) is 4.27. The summed E-state index contributed by atoms with van der Waals surface area (Å²) in [5.74, 6) is 0.171. The molecule has 0 spiro atoms. The van der Waals surface area contributed by atoms with E-state index in [0.717, 1.165) is 22.4 Å². The Labute approximate surface area is 141 Å². The third kappa shape index (κ3) is 4.98. The molecule has 0 bridgehead atoms. The summed E-state index contributed by atoms with van der Waals surface area (Å²) in [6.07, 6.45) is 0.140. The molecule has 0 aliphatic carbocycles. The summed E-state index contributed by atoms with van der Waals surface area (Å²) in [5, 5.41) is 9.12. The molecule has 3 nitrogen and oxygen atoms in total. The van der Waals surface area contributed by atoms with E-state index < -0.39 is 5.97 Å². The highest BCUT2D eigenvalue weighted by molar-refractivity contribution is 5.68. The molecule has 23 heavy (non-hydrogen) atoms. The predicted octanol–water partition coefficient (Wildman–Crippen LogP) is 5.26. The lowest BCUT2D eigenvalue weighted by Crippen LogP contribution is -2.21. The van der Waals surface area contributed by atoms with Gasteiger partial charge in [-0.1, -0.05) is 60.6 Å². The van der Waals surface area contributed by atoms with Crippen LogP contribution in [0.1, 0.15) is 84.4 Å². The van der Waals surface area contributed by atoms with Crippen LogP contribution in [0.5, 0.6) is 5.75 Å². The van der Waals surface area contributed by atoms with E-state index in [4.69, 9.17) is 9.84 Å². The molecule has 0 saturated carbocycles. The fraction of sp³-hybridized carbons (Fsp3) is 0.650. The molecule has 1 aromatic rings. The van der Waals surface area contributed by atoms with Crippen molar-refractivity contribution >= 4 is 5.97 Å². The van der Waals surface area contributed by atoms with Gasteiger partial charge in [0.2, 0.25) is 0 Å². The van der Waals surface area contributed by atoms with Crippen LogP contribution in [0.25, 0.3) is 0 Å². The van der Waals surface area contributed by atoms with Gasteiger partial charge in [0, 0.05) is 11.1 Å². The van der Waals surface area contributed by atoms with Gasteiger partial charge >= 0.3 is 5.97 Å². The van der Waals surface area contributed by atoms with Crippen molar-refractivity contribution in [2.24, 2.45) is 0 Å². The lowest BCUT2D eigenvalue weighted by atomic mass is 9.77. The monoisotopic (exact) mass is 320 g/mol. The van der Waals surface area contributed by atoms with Crippen LogP contribution in [-0.4, -0.2) is 17.7 Å². The van der Waals surface area contributed by atoms with Gasteiger partial charge in [0.25, 0.3) is 0 Å². The molecule has 0 aromatic heterocycles. The Morgan fingerprint density at radius 1 is 1.09 bits per heavy atom. The number of carbonyl (C=O) groups is 1. The minimum absolute atomic E-state index is 0.0228. The lowest BCUT2D eigenvalue weighted by Gasteiger charge is -2.31. The molecule has 0 saturated heterocycles. The highest BCUT2D eigenvalue weighted by Crippen LogP contribution is 2.42. The van der Waals surface area contributed by atoms with Gasteiger partial charge in [0.05, 0.1) is 13.0 Å². The van der Waals surface area contributed by atoms with E-state index in [9.17, 15) is 4.79 Å². The van der Waals surface area contributed by atoms with Gasteiger partial charge in [-0.3, -0.25) is 4.79 Å². The Hall–Kier alpha value is -1.51. The zero-order valence-electron chi connectivity index (χ0n) is 15.9. The SMILES string of the molecule is CCOc1c(C(C)(C)C)cc(C(C)CC(=O)O)cc1C(C)(C)C. The molecule has 1 aromatic carbocycles. The molecular weight excluding hydrogens is 288 g/mol. The second kappa shape index (κ2) is 6.94. The number of aliphatic carboxylic acids is 1. The van der Waals surface area contributed by atoms with E-state index >= 15 is 0 Å². The largest absolute Gasteiger partial charge is 0.493 e. The maximum atomic E-state index is 11.1. The van der Waals surface area contributed by atoms with Crippen molar-refractivity contribution in [3.63, 3.8) is 0 Å². The molecule has 0 fully saturated rings. The first-order valence-electron chi connectivity index (χ1n) is 8.41. The molecule has 1 unspecified atom stereocenters. The van der Waals surface area contributed by atoms with Crippen molar-refractivity contribution in [1.82, 2.24) is 0 Å². The summed E-state index contributed by atoms with van der Waals surface area (Å²) in [4.78, 5) is 11.1. The van der Waals surface area contributed by atoms with Crippen molar-refractivity contribution in [3.05, 3.63) is 28.8 Å². The van der Waals surface area contributed by atoms with Crippen molar-refractivity contribution in [2.45, 2.75) is 78.6 Å². The minimum atomic E-state index is -0.763. The first-order chi connectivity index (χ1) is 10.4. The maximum Gasteiger partial charge on any atom is 0.303 e. The van der Waals surface area contributed by atoms with Gasteiger partial charge in [-0.05, 0) is 29.2 Å². The van der Waals surface area contributed by atoms with Crippen LogP contribution in [0.4, 0.5) is 0 Å². The molecule has 1 N–H and O–H groups in total. The summed E-state index contributed by atoms with van der Waals surface area (Å²) < 4.78 is 6.02. The molecule has 0 aliphatic heterocycles. The van der Waals surface area contributed by atoms with E-state index in [-0.39, 0.29) is 23.2 Å². The number of carboxylic acid groups (broad SMARTS) is 1. The van der Waals surface area contributed by atoms with Crippen molar-refractivity contribution in [1.29, 1.82) is 0 Å². The highest BCUT2D eigenvalue weighted by atomic mass is 16.5. The van der Waals surface area contributed by atoms with Gasteiger partial charge in [0.15, 0.2) is 0 Å². The van der Waals surface area contributed by atoms with Crippen molar-refractivity contribution in [3.8, 4) is 5.75 Å². The van der Waals surface area contributed by atoms with Gasteiger partial charge in [0.1, 0.15) is 5.75 Å². The Balaban J connectivity index is 3.62. The van der Waals surface area contributed by atoms with Crippen LogP contribution in [0.2, 0.25) is 0 Å². The van der Waals surface area contributed by atoms with E-state index in [1.807, 2.05) is 13.8 Å². The number of ether oxygens (including phenoxy) is 1. The summed E-state index contributed by atoms with van der Waals surface area (Å²) in [5.41, 5.74) is 3.25. The van der Waals surface area contributed by atoms with Gasteiger partial charge in [-0.15, -0.1) is 0 Å². The Kier molecular flexibility index (Phi) is 5.89. The van der Waals surface area contributed by atoms with Gasteiger partial charge < -0.3 is 9.84 Å². The Morgan fingerprint density at radius 2 is 1.52 bits per heavy atom. The quantitative estimate of drug-likeness (QED) is 0.805. The maximum absolute atomic E-state index is 11.1. The van der Waals surface area contributed by atoms with Gasteiger partial charge in [-0.25, -0.2) is 0 Å². The van der Waals surface area contributed by atoms with Crippen molar-refractivity contribution < 1.29 is 14.6 Å². The molecule has 3 heteroatoms. The van der Waals surface area contributed by atoms with E-state index in [1.54, 1.807) is 0 Å². The van der Waals surface area contributed by atoms with E-state index in [0.29, 0.717) is 6.61 Å². The average Bonchev–Trinajstić information content (AvgIpc) is 2.35. The second-order valence-corrected chi connectivity index (χ2v) is 8.38. The zero-order chi connectivity index (χ0) is 18.0. The van der Waals surface area contributed by atoms with Crippen LogP contribution in [0.15, 0.2) is 12.1 Å².